The maximum absolute atomic E-state index is 11.5. The number of aryl methyl sites for hydroxylation is 2. The van der Waals surface area contributed by atoms with E-state index in [0.29, 0.717) is 23.0 Å². The minimum Gasteiger partial charge on any atom is -0.870 e. The molecule has 0 heterocycles. The van der Waals surface area contributed by atoms with Gasteiger partial charge in [-0.1, -0.05) is 25.0 Å². The smallest absolute Gasteiger partial charge is 0.870 e. The summed E-state index contributed by atoms with van der Waals surface area (Å²) in [6.07, 6.45) is 7.71. The summed E-state index contributed by atoms with van der Waals surface area (Å²) >= 11 is 4.56. The first-order valence-electron chi connectivity index (χ1n) is 10.6. The number of carbonyl (C=O) groups excluding carboxylic acids is 1. The number of aromatic carboxylic acids is 1. The quantitative estimate of drug-likeness (QED) is 0.298. The molecule has 2 N–H and O–H groups in total. The van der Waals surface area contributed by atoms with Crippen LogP contribution < -0.4 is 29.6 Å². The number of methoxy groups -OCH3 is 1. The summed E-state index contributed by atoms with van der Waals surface area (Å²) in [6.45, 7) is 3.85. The van der Waals surface area contributed by atoms with Crippen LogP contribution in [-0.4, -0.2) is 29.6 Å². The fourth-order valence-electron chi connectivity index (χ4n) is 4.03. The fourth-order valence-corrected chi connectivity index (χ4v) is 5.85. The van der Waals surface area contributed by atoms with Crippen LogP contribution >= 0.6 is 45.2 Å². The van der Waals surface area contributed by atoms with Gasteiger partial charge in [0.1, 0.15) is 0 Å². The van der Waals surface area contributed by atoms with E-state index in [9.17, 15) is 9.59 Å². The van der Waals surface area contributed by atoms with Crippen LogP contribution in [0.25, 0.3) is 0 Å². The first-order valence-corrected chi connectivity index (χ1v) is 12.8. The molecule has 2 fully saturated rings. The molecule has 4 rings (SSSR count). The normalized spacial score (nSPS) is 14.9. The number of carboxylic acids is 1. The van der Waals surface area contributed by atoms with Crippen molar-refractivity contribution in [3.8, 4) is 0 Å². The Kier molecular flexibility index (Phi) is 12.9. The van der Waals surface area contributed by atoms with Crippen LogP contribution in [0.1, 0.15) is 93.3 Å². The minimum atomic E-state index is -0.828. The van der Waals surface area contributed by atoms with Gasteiger partial charge in [-0.05, 0) is 131 Å². The summed E-state index contributed by atoms with van der Waals surface area (Å²) in [5.41, 5.74) is 5.76. The Bertz CT molecular complexity index is 1000. The molecule has 0 amide bonds. The number of esters is 1. The largest absolute Gasteiger partial charge is 1.00 e. The van der Waals surface area contributed by atoms with Gasteiger partial charge < -0.3 is 15.3 Å². The Morgan fingerprint density at radius 1 is 0.848 bits per heavy atom. The average molecular weight is 686 g/mol. The average Bonchev–Trinajstić information content (AvgIpc) is 2.64. The van der Waals surface area contributed by atoms with E-state index < -0.39 is 5.97 Å². The topological polar surface area (TPSA) is 93.6 Å². The molecule has 0 radical (unpaired) electrons. The zero-order chi connectivity index (χ0) is 22.7. The van der Waals surface area contributed by atoms with Crippen molar-refractivity contribution in [2.45, 2.75) is 64.2 Å². The molecule has 2 aliphatic carbocycles. The standard InChI is InChI=1S/C13H15IO2.C12H13IO2.Na.H2O/c1-8-6-11(9-4-3-5-9)12(14)7-10(8)13(15)16-2;1-7-5-10(8-3-2-4-8)11(13)6-9(7)12(14)15;;/h6-7,9H,3-5H2,1-2H3;5-6,8H,2-4H2,1H3,(H,14,15);;1H2/q;;+1;/p-1. The molecule has 0 saturated heterocycles. The van der Waals surface area contributed by atoms with Gasteiger partial charge in [0.05, 0.1) is 18.2 Å². The van der Waals surface area contributed by atoms with E-state index in [-0.39, 0.29) is 41.0 Å². The van der Waals surface area contributed by atoms with E-state index in [2.05, 4.69) is 57.3 Å². The first-order chi connectivity index (χ1) is 14.7. The summed E-state index contributed by atoms with van der Waals surface area (Å²) in [5, 5.41) is 8.99. The molecule has 0 bridgehead atoms. The number of ether oxygens (including phenoxy) is 1. The molecule has 0 aromatic heterocycles. The Labute approximate surface area is 245 Å². The zero-order valence-electron chi connectivity index (χ0n) is 19.6. The van der Waals surface area contributed by atoms with Gasteiger partial charge >= 0.3 is 41.5 Å². The molecule has 0 unspecified atom stereocenters. The van der Waals surface area contributed by atoms with E-state index >= 15 is 0 Å². The number of halogens is 2. The van der Waals surface area contributed by atoms with Gasteiger partial charge in [-0.15, -0.1) is 0 Å². The van der Waals surface area contributed by atoms with Crippen molar-refractivity contribution >= 4 is 57.1 Å². The van der Waals surface area contributed by atoms with Crippen LogP contribution in [0.15, 0.2) is 24.3 Å². The Hall–Kier alpha value is -0.200. The number of hydrogen-bond acceptors (Lipinski definition) is 4. The van der Waals surface area contributed by atoms with Crippen molar-refractivity contribution < 1.29 is 54.5 Å². The third-order valence-electron chi connectivity index (χ3n) is 6.41. The van der Waals surface area contributed by atoms with Crippen molar-refractivity contribution in [1.29, 1.82) is 0 Å². The number of benzene rings is 2. The second kappa shape index (κ2) is 13.8. The third-order valence-corrected chi connectivity index (χ3v) is 8.28. The summed E-state index contributed by atoms with van der Waals surface area (Å²) in [4.78, 5) is 22.5. The maximum atomic E-state index is 11.5. The van der Waals surface area contributed by atoms with Gasteiger partial charge in [0, 0.05) is 7.14 Å². The number of carboxylic acid groups (broad SMARTS) is 1. The first kappa shape index (κ1) is 30.8. The minimum absolute atomic E-state index is 0. The molecule has 33 heavy (non-hydrogen) atoms. The molecule has 0 atom stereocenters. The van der Waals surface area contributed by atoms with Crippen molar-refractivity contribution in [3.63, 3.8) is 0 Å². The van der Waals surface area contributed by atoms with Crippen molar-refractivity contribution in [2.75, 3.05) is 7.11 Å². The number of carbonyl (C=O) groups is 2. The van der Waals surface area contributed by atoms with E-state index in [1.807, 2.05) is 19.9 Å². The van der Waals surface area contributed by atoms with E-state index in [1.54, 1.807) is 6.07 Å². The molecular weight excluding hydrogens is 657 g/mol. The molecular formula is C25H29I2NaO5. The predicted molar refractivity (Wildman–Crippen MR) is 141 cm³/mol. The molecule has 2 saturated carbocycles. The van der Waals surface area contributed by atoms with Crippen LogP contribution in [0.2, 0.25) is 0 Å². The van der Waals surface area contributed by atoms with Crippen LogP contribution in [0.4, 0.5) is 0 Å². The Balaban J connectivity index is 0.000000312. The van der Waals surface area contributed by atoms with Crippen LogP contribution in [-0.2, 0) is 4.74 Å². The molecule has 174 valence electrons. The van der Waals surface area contributed by atoms with Gasteiger partial charge in [-0.2, -0.15) is 0 Å². The molecule has 8 heteroatoms. The van der Waals surface area contributed by atoms with Crippen LogP contribution in [0.5, 0.6) is 0 Å². The summed E-state index contributed by atoms with van der Waals surface area (Å²) in [5.74, 6) is 0.303. The number of hydrogen-bond donors (Lipinski definition) is 1. The van der Waals surface area contributed by atoms with Gasteiger partial charge in [0.2, 0.25) is 0 Å². The fraction of sp³-hybridized carbons (Fsp3) is 0.440. The molecule has 2 aliphatic rings. The van der Waals surface area contributed by atoms with E-state index in [0.717, 1.165) is 14.7 Å². The Morgan fingerprint density at radius 2 is 1.24 bits per heavy atom. The van der Waals surface area contributed by atoms with Gasteiger partial charge in [-0.3, -0.25) is 0 Å². The molecule has 2 aromatic carbocycles. The monoisotopic (exact) mass is 686 g/mol. The summed E-state index contributed by atoms with van der Waals surface area (Å²) < 4.78 is 7.06. The van der Waals surface area contributed by atoms with E-state index in [1.165, 1.54) is 60.3 Å². The maximum Gasteiger partial charge on any atom is 1.00 e. The third kappa shape index (κ3) is 7.39. The second-order valence-corrected chi connectivity index (χ2v) is 10.8. The summed E-state index contributed by atoms with van der Waals surface area (Å²) in [6, 6.07) is 7.95. The van der Waals surface area contributed by atoms with Crippen LogP contribution in [0.3, 0.4) is 0 Å². The Morgan fingerprint density at radius 3 is 1.58 bits per heavy atom. The van der Waals surface area contributed by atoms with Crippen molar-refractivity contribution in [3.05, 3.63) is 64.8 Å². The van der Waals surface area contributed by atoms with Crippen molar-refractivity contribution in [1.82, 2.24) is 0 Å². The SMILES string of the molecule is COC(=O)c1cc(I)c(C2CCC2)cc1C.Cc1cc(C2CCC2)c(I)cc1C(=O)O.[Na+].[OH-]. The van der Waals surface area contributed by atoms with Crippen LogP contribution in [0, 0.1) is 21.0 Å². The zero-order valence-corrected chi connectivity index (χ0v) is 25.9. The molecule has 0 aliphatic heterocycles. The van der Waals surface area contributed by atoms with Gasteiger partial charge in [-0.25, -0.2) is 9.59 Å². The number of rotatable bonds is 4. The van der Waals surface area contributed by atoms with Gasteiger partial charge in [0.25, 0.3) is 0 Å². The molecule has 2 aromatic rings. The van der Waals surface area contributed by atoms with E-state index in [4.69, 9.17) is 9.84 Å². The molecule has 0 spiro atoms. The molecule has 5 nitrogen and oxygen atoms in total. The van der Waals surface area contributed by atoms with Gasteiger partial charge in [0.15, 0.2) is 0 Å². The second-order valence-electron chi connectivity index (χ2n) is 8.43. The predicted octanol–water partition coefficient (Wildman–Crippen LogP) is 4.05. The van der Waals surface area contributed by atoms with Crippen molar-refractivity contribution in [2.24, 2.45) is 0 Å². The summed E-state index contributed by atoms with van der Waals surface area (Å²) in [7, 11) is 1.43.